The second-order valence-electron chi connectivity index (χ2n) is 7.40. The third kappa shape index (κ3) is 4.47. The van der Waals surface area contributed by atoms with E-state index in [1.807, 2.05) is 6.07 Å². The summed E-state index contributed by atoms with van der Waals surface area (Å²) < 4.78 is 13.8. The van der Waals surface area contributed by atoms with Crippen LogP contribution in [-0.4, -0.2) is 52.6 Å². The molecule has 0 bridgehead atoms. The molecule has 3 heterocycles. The van der Waals surface area contributed by atoms with Crippen molar-refractivity contribution in [2.24, 2.45) is 0 Å². The molecule has 0 spiro atoms. The van der Waals surface area contributed by atoms with Gasteiger partial charge in [-0.1, -0.05) is 0 Å². The lowest BCUT2D eigenvalue weighted by atomic mass is 10.0. The Labute approximate surface area is 178 Å². The monoisotopic (exact) mass is 422 g/mol. The molecule has 1 aliphatic rings. The van der Waals surface area contributed by atoms with Gasteiger partial charge in [0.2, 0.25) is 0 Å². The van der Waals surface area contributed by atoms with Crippen molar-refractivity contribution in [3.8, 4) is 6.07 Å². The minimum Gasteiger partial charge on any atom is -0.382 e. The number of hydrogen-bond donors (Lipinski definition) is 4. The number of H-pyrrole nitrogens is 1. The molecule has 0 saturated carbocycles. The zero-order chi connectivity index (χ0) is 21.8. The maximum absolute atomic E-state index is 13.8. The second-order valence-corrected chi connectivity index (χ2v) is 7.40. The quantitative estimate of drug-likeness (QED) is 0.461. The molecule has 2 aromatic heterocycles. The number of piperazine rings is 1. The fraction of sp³-hybridized carbons (Fsp3) is 0.333. The highest BCUT2D eigenvalue weighted by atomic mass is 19.1. The van der Waals surface area contributed by atoms with E-state index in [4.69, 9.17) is 5.73 Å². The van der Waals surface area contributed by atoms with Crippen molar-refractivity contribution in [1.82, 2.24) is 25.2 Å². The lowest BCUT2D eigenvalue weighted by molar-refractivity contribution is 0.232. The Balaban J connectivity index is 1.63. The van der Waals surface area contributed by atoms with Gasteiger partial charge in [-0.15, -0.1) is 0 Å². The zero-order valence-corrected chi connectivity index (χ0v) is 16.9. The molecule has 0 aliphatic carbocycles. The van der Waals surface area contributed by atoms with Gasteiger partial charge in [0.15, 0.2) is 5.43 Å². The number of aromatic nitrogens is 3. The molecular formula is C21H23FN8O. The molecule has 31 heavy (non-hydrogen) atoms. The van der Waals surface area contributed by atoms with Crippen molar-refractivity contribution < 1.29 is 4.39 Å². The van der Waals surface area contributed by atoms with Gasteiger partial charge in [0.1, 0.15) is 35.4 Å². The number of anilines is 2. The van der Waals surface area contributed by atoms with Crippen molar-refractivity contribution >= 4 is 22.5 Å². The molecule has 3 aromatic rings. The fourth-order valence-corrected chi connectivity index (χ4v) is 3.77. The van der Waals surface area contributed by atoms with Crippen LogP contribution in [0.25, 0.3) is 10.9 Å². The molecule has 1 aromatic carbocycles. The van der Waals surface area contributed by atoms with Crippen molar-refractivity contribution in [3.05, 3.63) is 57.4 Å². The highest BCUT2D eigenvalue weighted by Gasteiger charge is 2.18. The molecule has 1 aliphatic heterocycles. The van der Waals surface area contributed by atoms with Crippen LogP contribution in [-0.2, 0) is 13.0 Å². The van der Waals surface area contributed by atoms with Crippen LogP contribution in [0.4, 0.5) is 16.0 Å². The number of nitrogens with zero attached hydrogens (tertiary/aromatic N) is 4. The molecule has 4 rings (SSSR count). The number of hydrogen-bond acceptors (Lipinski definition) is 8. The summed E-state index contributed by atoms with van der Waals surface area (Å²) in [5, 5.41) is 16.0. The van der Waals surface area contributed by atoms with E-state index in [0.29, 0.717) is 41.8 Å². The number of benzene rings is 1. The first-order valence-corrected chi connectivity index (χ1v) is 10.1. The van der Waals surface area contributed by atoms with E-state index in [2.05, 4.69) is 30.5 Å². The molecule has 160 valence electrons. The Morgan fingerprint density at radius 3 is 2.87 bits per heavy atom. The van der Waals surface area contributed by atoms with Gasteiger partial charge >= 0.3 is 0 Å². The summed E-state index contributed by atoms with van der Waals surface area (Å²) in [6, 6.07) is 6.19. The Morgan fingerprint density at radius 2 is 2.10 bits per heavy atom. The van der Waals surface area contributed by atoms with E-state index in [0.717, 1.165) is 31.9 Å². The Bertz CT molecular complexity index is 1200. The third-order valence-electron chi connectivity index (χ3n) is 5.40. The normalized spacial score (nSPS) is 14.5. The van der Waals surface area contributed by atoms with Gasteiger partial charge in [0, 0.05) is 67.8 Å². The Morgan fingerprint density at radius 1 is 1.29 bits per heavy atom. The van der Waals surface area contributed by atoms with Crippen LogP contribution in [0.3, 0.4) is 0 Å². The number of halogens is 1. The van der Waals surface area contributed by atoms with Crippen molar-refractivity contribution in [3.63, 3.8) is 0 Å². The van der Waals surface area contributed by atoms with Gasteiger partial charge in [-0.2, -0.15) is 5.26 Å². The zero-order valence-electron chi connectivity index (χ0n) is 16.9. The van der Waals surface area contributed by atoms with Crippen LogP contribution < -0.4 is 21.8 Å². The van der Waals surface area contributed by atoms with Crippen LogP contribution in [0.2, 0.25) is 0 Å². The van der Waals surface area contributed by atoms with Gasteiger partial charge < -0.3 is 21.4 Å². The predicted octanol–water partition coefficient (Wildman–Crippen LogP) is 0.971. The molecule has 0 unspecified atom stereocenters. The first-order valence-electron chi connectivity index (χ1n) is 10.1. The first kappa shape index (κ1) is 20.7. The number of fused-ring (bicyclic) bond motifs is 1. The number of nitrogen functional groups attached to an aromatic ring is 1. The molecule has 10 heteroatoms. The summed E-state index contributed by atoms with van der Waals surface area (Å²) >= 11 is 0. The standard InChI is InChI=1S/C21H23FN8O/c22-13-1-2-17-14(9-13)19(31)16(11-30-7-5-25-6-8-30)18(29-17)3-4-26-21-15(10-23)20(24)27-12-28-21/h1-2,9,12,25H,3-8,11H2,(H,29,31)(H3,24,26,27,28). The van der Waals surface area contributed by atoms with E-state index in [-0.39, 0.29) is 16.8 Å². The van der Waals surface area contributed by atoms with E-state index < -0.39 is 5.82 Å². The molecule has 1 fully saturated rings. The molecule has 9 nitrogen and oxygen atoms in total. The van der Waals surface area contributed by atoms with Gasteiger partial charge in [0.05, 0.1) is 0 Å². The molecule has 1 saturated heterocycles. The smallest absolute Gasteiger partial charge is 0.194 e. The van der Waals surface area contributed by atoms with Gasteiger partial charge in [0.25, 0.3) is 0 Å². The van der Waals surface area contributed by atoms with Crippen molar-refractivity contribution in [1.29, 1.82) is 5.26 Å². The highest BCUT2D eigenvalue weighted by molar-refractivity contribution is 5.79. The SMILES string of the molecule is N#Cc1c(N)ncnc1NCCc1[nH]c2ccc(F)cc2c(=O)c1CN1CCNCC1. The first-order chi connectivity index (χ1) is 15.1. The van der Waals surface area contributed by atoms with Crippen LogP contribution in [0.5, 0.6) is 0 Å². The van der Waals surface area contributed by atoms with E-state index in [9.17, 15) is 14.4 Å². The van der Waals surface area contributed by atoms with Gasteiger partial charge in [-0.3, -0.25) is 9.69 Å². The van der Waals surface area contributed by atoms with Crippen LogP contribution in [0, 0.1) is 17.1 Å². The molecular weight excluding hydrogens is 399 g/mol. The molecule has 5 N–H and O–H groups in total. The van der Waals surface area contributed by atoms with Crippen molar-refractivity contribution in [2.75, 3.05) is 43.8 Å². The number of aromatic amines is 1. The van der Waals surface area contributed by atoms with E-state index in [1.165, 1.54) is 18.5 Å². The minimum atomic E-state index is -0.439. The topological polar surface area (TPSA) is 136 Å². The predicted molar refractivity (Wildman–Crippen MR) is 116 cm³/mol. The molecule has 0 amide bonds. The summed E-state index contributed by atoms with van der Waals surface area (Å²) in [7, 11) is 0. The number of nitriles is 1. The largest absolute Gasteiger partial charge is 0.382 e. The molecule has 0 radical (unpaired) electrons. The Kier molecular flexibility index (Phi) is 6.06. The van der Waals surface area contributed by atoms with E-state index in [1.54, 1.807) is 6.07 Å². The summed E-state index contributed by atoms with van der Waals surface area (Å²) in [4.78, 5) is 26.6. The number of pyridine rings is 1. The number of nitrogens with two attached hydrogens (primary N) is 1. The maximum Gasteiger partial charge on any atom is 0.194 e. The van der Waals surface area contributed by atoms with Crippen molar-refractivity contribution in [2.45, 2.75) is 13.0 Å². The lowest BCUT2D eigenvalue weighted by Gasteiger charge is -2.27. The van der Waals surface area contributed by atoms with Crippen LogP contribution in [0.15, 0.2) is 29.3 Å². The maximum atomic E-state index is 13.8. The number of nitrogens with one attached hydrogen (secondary N) is 3. The van der Waals surface area contributed by atoms with Crippen LogP contribution >= 0.6 is 0 Å². The molecule has 0 atom stereocenters. The summed E-state index contributed by atoms with van der Waals surface area (Å²) in [6.45, 7) is 4.31. The third-order valence-corrected chi connectivity index (χ3v) is 5.40. The van der Waals surface area contributed by atoms with Gasteiger partial charge in [-0.25, -0.2) is 14.4 Å². The second kappa shape index (κ2) is 9.07. The average Bonchev–Trinajstić information content (AvgIpc) is 2.77. The fourth-order valence-electron chi connectivity index (χ4n) is 3.77. The average molecular weight is 422 g/mol. The minimum absolute atomic E-state index is 0.112. The van der Waals surface area contributed by atoms with Crippen LogP contribution in [0.1, 0.15) is 16.8 Å². The summed E-state index contributed by atoms with van der Waals surface area (Å²) in [5.41, 5.74) is 7.75. The Hall–Kier alpha value is -3.55. The highest BCUT2D eigenvalue weighted by Crippen LogP contribution is 2.18. The van der Waals surface area contributed by atoms with Gasteiger partial charge in [-0.05, 0) is 18.2 Å². The number of rotatable bonds is 6. The summed E-state index contributed by atoms with van der Waals surface area (Å²) in [6.07, 6.45) is 1.78. The summed E-state index contributed by atoms with van der Waals surface area (Å²) in [5.74, 6) is 0.0234. The lowest BCUT2D eigenvalue weighted by Crippen LogP contribution is -2.43. The van der Waals surface area contributed by atoms with E-state index >= 15 is 0 Å².